The van der Waals surface area contributed by atoms with Crippen molar-refractivity contribution in [2.24, 2.45) is 4.99 Å². The van der Waals surface area contributed by atoms with E-state index in [1.807, 2.05) is 51.1 Å². The molecule has 2 aromatic rings. The monoisotopic (exact) mass is 631 g/mol. The number of carbonyl (C=O) groups excluding carboxylic acids is 3. The minimum atomic E-state index is -0.671. The van der Waals surface area contributed by atoms with Crippen LogP contribution >= 0.6 is 0 Å². The van der Waals surface area contributed by atoms with Gasteiger partial charge in [0.1, 0.15) is 0 Å². The van der Waals surface area contributed by atoms with E-state index in [4.69, 9.17) is 9.73 Å². The summed E-state index contributed by atoms with van der Waals surface area (Å²) < 4.78 is 5.24. The third-order valence-corrected chi connectivity index (χ3v) is 9.47. The van der Waals surface area contributed by atoms with E-state index in [-0.39, 0.29) is 11.7 Å². The number of non-ortho nitro benzene ring substituents is 1. The van der Waals surface area contributed by atoms with E-state index in [1.54, 1.807) is 21.9 Å². The summed E-state index contributed by atoms with van der Waals surface area (Å²) in [6.45, 7) is 8.93. The van der Waals surface area contributed by atoms with Crippen LogP contribution in [0.25, 0.3) is 0 Å². The zero-order chi connectivity index (χ0) is 33.3. The molecular weight excluding hydrogens is 586 g/mol. The largest absolute Gasteiger partial charge is 0.468 e. The average Bonchev–Trinajstić information content (AvgIpc) is 3.10. The zero-order valence-corrected chi connectivity index (χ0v) is 27.3. The Kier molecular flexibility index (Phi) is 11.8. The number of likely N-dealkylation sites (tertiary alicyclic amines) is 1. The number of nitrogens with zero attached hydrogens (tertiary/aromatic N) is 5. The molecule has 2 aromatic carbocycles. The number of hydrogen-bond donors (Lipinski definition) is 0. The lowest BCUT2D eigenvalue weighted by atomic mass is 9.72. The summed E-state index contributed by atoms with van der Waals surface area (Å²) in [5.74, 6) is -0.641. The lowest BCUT2D eigenvalue weighted by Crippen LogP contribution is -2.49. The molecule has 2 heterocycles. The van der Waals surface area contributed by atoms with E-state index in [9.17, 15) is 24.5 Å². The SMILES string of the molecule is CCC1=NC(CC)=C(N(C=O)CCCN2CCC(C(=O)OC)(c3ccccc3)CC2)C(c2ccc([N+](=O)[O-])cc2)C1N(C=O)CC. The first-order chi connectivity index (χ1) is 22.3. The molecule has 0 N–H and O–H groups in total. The lowest BCUT2D eigenvalue weighted by molar-refractivity contribution is -0.384. The number of hydrogen-bond acceptors (Lipinski definition) is 8. The van der Waals surface area contributed by atoms with Crippen LogP contribution in [0.15, 0.2) is 71.0 Å². The first-order valence-corrected chi connectivity index (χ1v) is 16.1. The molecular formula is C35H45N5O6. The highest BCUT2D eigenvalue weighted by Gasteiger charge is 2.44. The van der Waals surface area contributed by atoms with E-state index in [2.05, 4.69) is 4.90 Å². The number of amides is 2. The van der Waals surface area contributed by atoms with Crippen LogP contribution < -0.4 is 0 Å². The first-order valence-electron chi connectivity index (χ1n) is 16.1. The van der Waals surface area contributed by atoms with E-state index in [1.165, 1.54) is 19.2 Å². The van der Waals surface area contributed by atoms with Gasteiger partial charge in [0.2, 0.25) is 12.8 Å². The fraction of sp³-hybridized carbons (Fsp3) is 0.486. The van der Waals surface area contributed by atoms with Gasteiger partial charge in [-0.25, -0.2) is 0 Å². The van der Waals surface area contributed by atoms with Gasteiger partial charge in [0.15, 0.2) is 0 Å². The van der Waals surface area contributed by atoms with Crippen LogP contribution in [-0.2, 0) is 24.5 Å². The van der Waals surface area contributed by atoms with Crippen LogP contribution in [0.4, 0.5) is 5.69 Å². The number of methoxy groups -OCH3 is 1. The van der Waals surface area contributed by atoms with Gasteiger partial charge in [-0.2, -0.15) is 0 Å². The zero-order valence-electron chi connectivity index (χ0n) is 27.3. The Morgan fingerprint density at radius 2 is 1.72 bits per heavy atom. The molecule has 0 spiro atoms. The average molecular weight is 632 g/mol. The summed E-state index contributed by atoms with van der Waals surface area (Å²) in [5, 5.41) is 11.4. The number of benzene rings is 2. The number of esters is 1. The third-order valence-electron chi connectivity index (χ3n) is 9.47. The van der Waals surface area contributed by atoms with Crippen LogP contribution in [-0.4, -0.2) is 90.0 Å². The van der Waals surface area contributed by atoms with Gasteiger partial charge in [-0.3, -0.25) is 29.5 Å². The number of likely N-dealkylation sites (N-methyl/N-ethyl adjacent to an activating group) is 1. The molecule has 2 amide bonds. The van der Waals surface area contributed by atoms with Crippen molar-refractivity contribution in [3.8, 4) is 0 Å². The standard InChI is InChI=1S/C35H45N5O6/c1-5-29-32(38(7-3)24-41)31(26-14-16-28(17-15-26)40(44)45)33(30(6-2)36-29)39(25-42)21-11-20-37-22-18-35(19-23-37,34(43)46-4)27-12-9-8-10-13-27/h8-10,12-17,24-25,31-32H,5-7,11,18-23H2,1-4H3. The van der Waals surface area contributed by atoms with E-state index < -0.39 is 22.3 Å². The summed E-state index contributed by atoms with van der Waals surface area (Å²) >= 11 is 0. The maximum absolute atomic E-state index is 13.0. The van der Waals surface area contributed by atoms with Crippen molar-refractivity contribution < 1.29 is 24.0 Å². The van der Waals surface area contributed by atoms with Gasteiger partial charge >= 0.3 is 5.97 Å². The van der Waals surface area contributed by atoms with Gasteiger partial charge in [0.05, 0.1) is 40.8 Å². The highest BCUT2D eigenvalue weighted by Crippen LogP contribution is 2.41. The van der Waals surface area contributed by atoms with Crippen molar-refractivity contribution in [2.45, 2.75) is 70.3 Å². The number of ether oxygens (including phenoxy) is 1. The van der Waals surface area contributed by atoms with Crippen molar-refractivity contribution in [3.63, 3.8) is 0 Å². The van der Waals surface area contributed by atoms with Crippen LogP contribution in [0.3, 0.4) is 0 Å². The Bertz CT molecular complexity index is 1430. The second kappa shape index (κ2) is 15.8. The molecule has 11 heteroatoms. The Balaban J connectivity index is 1.58. The predicted octanol–water partition coefficient (Wildman–Crippen LogP) is 5.07. The fourth-order valence-corrected chi connectivity index (χ4v) is 6.99. The number of rotatable bonds is 15. The van der Waals surface area contributed by atoms with Gasteiger partial charge in [0, 0.05) is 30.9 Å². The third kappa shape index (κ3) is 7.04. The van der Waals surface area contributed by atoms with Crippen molar-refractivity contribution in [1.82, 2.24) is 14.7 Å². The van der Waals surface area contributed by atoms with Crippen LogP contribution in [0.2, 0.25) is 0 Å². The quantitative estimate of drug-likeness (QED) is 0.116. The molecule has 1 saturated heterocycles. The molecule has 246 valence electrons. The highest BCUT2D eigenvalue weighted by atomic mass is 16.6. The minimum absolute atomic E-state index is 0.0262. The molecule has 2 atom stereocenters. The number of aliphatic imine (C=N–C) groups is 1. The molecule has 1 fully saturated rings. The Hall–Kier alpha value is -4.38. The number of nitro groups is 1. The lowest BCUT2D eigenvalue weighted by Gasteiger charge is -2.42. The topological polar surface area (TPSA) is 126 Å². The number of allylic oxidation sites excluding steroid dienone is 1. The normalized spacial score (nSPS) is 19.6. The van der Waals surface area contributed by atoms with Gasteiger partial charge in [-0.15, -0.1) is 0 Å². The summed E-state index contributed by atoms with van der Waals surface area (Å²) in [6.07, 6.45) is 4.80. The minimum Gasteiger partial charge on any atom is -0.468 e. The van der Waals surface area contributed by atoms with Crippen LogP contribution in [0.1, 0.15) is 69.9 Å². The number of carbonyl (C=O) groups is 3. The first kappa shape index (κ1) is 34.5. The summed E-state index contributed by atoms with van der Waals surface area (Å²) in [5.41, 5.74) is 3.39. The molecule has 0 bridgehead atoms. The second-order valence-electron chi connectivity index (χ2n) is 11.8. The molecule has 46 heavy (non-hydrogen) atoms. The molecule has 0 saturated carbocycles. The highest BCUT2D eigenvalue weighted by molar-refractivity contribution is 5.94. The molecule has 0 aromatic heterocycles. The Morgan fingerprint density at radius 3 is 2.24 bits per heavy atom. The molecule has 2 aliphatic rings. The van der Waals surface area contributed by atoms with Crippen molar-refractivity contribution >= 4 is 30.2 Å². The van der Waals surface area contributed by atoms with Crippen LogP contribution in [0, 0.1) is 10.1 Å². The molecule has 0 radical (unpaired) electrons. The van der Waals surface area contributed by atoms with Gasteiger partial charge in [-0.05, 0) is 69.8 Å². The van der Waals surface area contributed by atoms with Gasteiger partial charge in [0.25, 0.3) is 5.69 Å². The molecule has 11 nitrogen and oxygen atoms in total. The van der Waals surface area contributed by atoms with Crippen LogP contribution in [0.5, 0.6) is 0 Å². The Labute approximate surface area is 271 Å². The van der Waals surface area contributed by atoms with Crippen molar-refractivity contribution in [1.29, 1.82) is 0 Å². The Morgan fingerprint density at radius 1 is 1.04 bits per heavy atom. The molecule has 4 rings (SSSR count). The fourth-order valence-electron chi connectivity index (χ4n) is 6.99. The summed E-state index contributed by atoms with van der Waals surface area (Å²) in [6, 6.07) is 15.7. The number of nitro benzene ring substituents is 1. The maximum atomic E-state index is 13.0. The van der Waals surface area contributed by atoms with E-state index >= 15 is 0 Å². The van der Waals surface area contributed by atoms with Crippen molar-refractivity contribution in [3.05, 3.63) is 87.2 Å². The smallest absolute Gasteiger partial charge is 0.316 e. The van der Waals surface area contributed by atoms with E-state index in [0.717, 1.165) is 60.7 Å². The predicted molar refractivity (Wildman–Crippen MR) is 176 cm³/mol. The number of piperidine rings is 1. The van der Waals surface area contributed by atoms with Gasteiger partial charge in [-0.1, -0.05) is 56.3 Å². The molecule has 2 unspecified atom stereocenters. The van der Waals surface area contributed by atoms with Gasteiger partial charge < -0.3 is 19.4 Å². The molecule has 2 aliphatic heterocycles. The second-order valence-corrected chi connectivity index (χ2v) is 11.8. The molecule has 0 aliphatic carbocycles. The van der Waals surface area contributed by atoms with E-state index in [0.29, 0.717) is 45.2 Å². The maximum Gasteiger partial charge on any atom is 0.316 e. The summed E-state index contributed by atoms with van der Waals surface area (Å²) in [4.78, 5) is 59.8. The van der Waals surface area contributed by atoms with Crippen molar-refractivity contribution in [2.75, 3.05) is 39.8 Å². The summed E-state index contributed by atoms with van der Waals surface area (Å²) in [7, 11) is 1.44.